The number of pyridine rings is 1. The molecule has 2 aromatic heterocycles. The fourth-order valence-corrected chi connectivity index (χ4v) is 5.82. The number of hydrogen-bond donors (Lipinski definition) is 1. The van der Waals surface area contributed by atoms with Gasteiger partial charge in [-0.1, -0.05) is 23.7 Å². The summed E-state index contributed by atoms with van der Waals surface area (Å²) in [6, 6.07) is 10.7. The zero-order valence-corrected chi connectivity index (χ0v) is 23.3. The zero-order chi connectivity index (χ0) is 27.0. The summed E-state index contributed by atoms with van der Waals surface area (Å²) in [5.41, 5.74) is 2.99. The second-order valence-corrected chi connectivity index (χ2v) is 11.6. The quantitative estimate of drug-likeness (QED) is 0.463. The van der Waals surface area contributed by atoms with Crippen molar-refractivity contribution in [2.75, 3.05) is 24.5 Å². The van der Waals surface area contributed by atoms with E-state index in [1.54, 1.807) is 6.20 Å². The molecule has 5 rings (SSSR count). The lowest BCUT2D eigenvalue weighted by Crippen LogP contribution is -2.56. The van der Waals surface area contributed by atoms with Crippen molar-refractivity contribution in [2.45, 2.75) is 71.2 Å². The van der Waals surface area contributed by atoms with Gasteiger partial charge in [0.1, 0.15) is 11.2 Å². The van der Waals surface area contributed by atoms with E-state index in [2.05, 4.69) is 39.5 Å². The number of amides is 2. The SMILES string of the molecule is CCn1ccc2c(Cl)c(C(=O)NCCc3ccc(N4CC5CCC(C4)N5C(=O)OC(C)(C)C)cc3)cnc21. The van der Waals surface area contributed by atoms with Crippen LogP contribution in [0.2, 0.25) is 5.02 Å². The number of halogens is 1. The largest absolute Gasteiger partial charge is 0.444 e. The highest BCUT2D eigenvalue weighted by atomic mass is 35.5. The molecule has 1 N–H and O–H groups in total. The fraction of sp³-hybridized carbons (Fsp3) is 0.483. The number of carbonyl (C=O) groups is 2. The fourth-order valence-electron chi connectivity index (χ4n) is 5.54. The zero-order valence-electron chi connectivity index (χ0n) is 22.5. The maximum Gasteiger partial charge on any atom is 0.410 e. The summed E-state index contributed by atoms with van der Waals surface area (Å²) in [6.45, 7) is 10.7. The molecule has 2 fully saturated rings. The Kier molecular flexibility index (Phi) is 7.27. The minimum absolute atomic E-state index is 0.180. The van der Waals surface area contributed by atoms with Gasteiger partial charge in [0.25, 0.3) is 5.91 Å². The molecule has 3 aromatic rings. The van der Waals surface area contributed by atoms with Gasteiger partial charge in [0.15, 0.2) is 0 Å². The maximum atomic E-state index is 12.8. The summed E-state index contributed by atoms with van der Waals surface area (Å²) in [6.07, 6.45) is 6.02. The highest BCUT2D eigenvalue weighted by Crippen LogP contribution is 2.34. The predicted octanol–water partition coefficient (Wildman–Crippen LogP) is 5.27. The first kappa shape index (κ1) is 26.4. The maximum absolute atomic E-state index is 12.8. The van der Waals surface area contributed by atoms with Gasteiger partial charge in [-0.25, -0.2) is 9.78 Å². The number of hydrogen-bond acceptors (Lipinski definition) is 5. The van der Waals surface area contributed by atoms with E-state index in [1.165, 1.54) is 0 Å². The number of fused-ring (bicyclic) bond motifs is 3. The van der Waals surface area contributed by atoms with Crippen LogP contribution in [-0.4, -0.2) is 63.8 Å². The van der Waals surface area contributed by atoms with E-state index in [1.807, 2.05) is 49.4 Å². The topological polar surface area (TPSA) is 79.7 Å². The van der Waals surface area contributed by atoms with E-state index >= 15 is 0 Å². The summed E-state index contributed by atoms with van der Waals surface area (Å²) < 4.78 is 7.65. The number of carbonyl (C=O) groups excluding carboxylic acids is 2. The van der Waals surface area contributed by atoms with Crippen molar-refractivity contribution in [1.29, 1.82) is 0 Å². The molecule has 4 heterocycles. The first-order valence-electron chi connectivity index (χ1n) is 13.4. The lowest BCUT2D eigenvalue weighted by atomic mass is 10.1. The molecule has 8 nitrogen and oxygen atoms in total. The number of piperazine rings is 1. The Morgan fingerprint density at radius 3 is 2.42 bits per heavy atom. The van der Waals surface area contributed by atoms with Gasteiger partial charge in [-0.3, -0.25) is 9.69 Å². The Morgan fingerprint density at radius 1 is 1.11 bits per heavy atom. The molecule has 0 spiro atoms. The standard InChI is InChI=1S/C29H36ClN5O3/c1-5-33-15-13-23-25(30)24(16-32-26(23)33)27(36)31-14-12-19-6-8-20(9-7-19)34-17-21-10-11-22(18-34)35(21)28(37)38-29(2,3)4/h6-9,13,15-16,21-22H,5,10-12,14,17-18H2,1-4H3,(H,31,36). The van der Waals surface area contributed by atoms with Gasteiger partial charge in [0.05, 0.1) is 22.7 Å². The molecule has 2 unspecified atom stereocenters. The van der Waals surface area contributed by atoms with Crippen LogP contribution in [-0.2, 0) is 17.7 Å². The molecule has 2 aliphatic heterocycles. The minimum Gasteiger partial charge on any atom is -0.444 e. The van der Waals surface area contributed by atoms with Crippen LogP contribution < -0.4 is 10.2 Å². The van der Waals surface area contributed by atoms with Crippen LogP contribution in [0.5, 0.6) is 0 Å². The van der Waals surface area contributed by atoms with E-state index in [-0.39, 0.29) is 24.1 Å². The molecule has 2 atom stereocenters. The summed E-state index contributed by atoms with van der Waals surface area (Å²) in [5, 5.41) is 4.20. The summed E-state index contributed by atoms with van der Waals surface area (Å²) in [5.74, 6) is -0.219. The first-order valence-corrected chi connectivity index (χ1v) is 13.8. The predicted molar refractivity (Wildman–Crippen MR) is 150 cm³/mol. The van der Waals surface area contributed by atoms with E-state index in [9.17, 15) is 9.59 Å². The summed E-state index contributed by atoms with van der Waals surface area (Å²) in [7, 11) is 0. The highest BCUT2D eigenvalue weighted by molar-refractivity contribution is 6.38. The van der Waals surface area contributed by atoms with E-state index in [0.717, 1.165) is 54.8 Å². The van der Waals surface area contributed by atoms with Gasteiger partial charge in [-0.2, -0.15) is 0 Å². The van der Waals surface area contributed by atoms with Crippen molar-refractivity contribution in [1.82, 2.24) is 19.8 Å². The first-order chi connectivity index (χ1) is 18.1. The van der Waals surface area contributed by atoms with Gasteiger partial charge in [-0.05, 0) is 70.7 Å². The second kappa shape index (κ2) is 10.5. The molecule has 9 heteroatoms. The molecule has 0 saturated carbocycles. The number of benzene rings is 1. The number of aryl methyl sites for hydroxylation is 1. The van der Waals surface area contributed by atoms with Gasteiger partial charge < -0.3 is 19.5 Å². The second-order valence-electron chi connectivity index (χ2n) is 11.2. The monoisotopic (exact) mass is 537 g/mol. The molecule has 1 aromatic carbocycles. The normalized spacial score (nSPS) is 19.2. The summed E-state index contributed by atoms with van der Waals surface area (Å²) in [4.78, 5) is 34.3. The average Bonchev–Trinajstić information content (AvgIpc) is 3.42. The molecule has 2 aliphatic rings. The molecule has 38 heavy (non-hydrogen) atoms. The van der Waals surface area contributed by atoms with Crippen molar-refractivity contribution in [2.24, 2.45) is 0 Å². The van der Waals surface area contributed by atoms with Gasteiger partial charge in [0, 0.05) is 49.6 Å². The molecular formula is C29H36ClN5O3. The van der Waals surface area contributed by atoms with Crippen LogP contribution in [0.25, 0.3) is 11.0 Å². The molecule has 2 amide bonds. The molecule has 0 aliphatic carbocycles. The minimum atomic E-state index is -0.485. The van der Waals surface area contributed by atoms with E-state index in [0.29, 0.717) is 23.6 Å². The van der Waals surface area contributed by atoms with Crippen LogP contribution in [0.4, 0.5) is 10.5 Å². The molecular weight excluding hydrogens is 502 g/mol. The number of ether oxygens (including phenoxy) is 1. The van der Waals surface area contributed by atoms with Crippen LogP contribution >= 0.6 is 11.6 Å². The van der Waals surface area contributed by atoms with Crippen molar-refractivity contribution in [3.63, 3.8) is 0 Å². The third-order valence-electron chi connectivity index (χ3n) is 7.40. The van der Waals surface area contributed by atoms with Crippen LogP contribution in [0.15, 0.2) is 42.7 Å². The number of aromatic nitrogens is 2. The number of nitrogens with one attached hydrogen (secondary N) is 1. The number of nitrogens with zero attached hydrogens (tertiary/aromatic N) is 4. The lowest BCUT2D eigenvalue weighted by Gasteiger charge is -2.42. The number of rotatable bonds is 6. The Morgan fingerprint density at radius 2 is 1.79 bits per heavy atom. The van der Waals surface area contributed by atoms with E-state index in [4.69, 9.17) is 16.3 Å². The third-order valence-corrected chi connectivity index (χ3v) is 7.80. The average molecular weight is 538 g/mol. The van der Waals surface area contributed by atoms with Gasteiger partial charge in [-0.15, -0.1) is 0 Å². The Hall–Kier alpha value is -3.26. The Bertz CT molecular complexity index is 1320. The van der Waals surface area contributed by atoms with Gasteiger partial charge >= 0.3 is 6.09 Å². The van der Waals surface area contributed by atoms with Crippen molar-refractivity contribution in [3.05, 3.63) is 58.9 Å². The smallest absolute Gasteiger partial charge is 0.410 e. The summed E-state index contributed by atoms with van der Waals surface area (Å²) >= 11 is 6.53. The Labute approximate surface area is 228 Å². The molecule has 0 radical (unpaired) electrons. The van der Waals surface area contributed by atoms with Crippen LogP contribution in [0.1, 0.15) is 56.5 Å². The van der Waals surface area contributed by atoms with Crippen LogP contribution in [0, 0.1) is 0 Å². The highest BCUT2D eigenvalue weighted by Gasteiger charge is 2.44. The van der Waals surface area contributed by atoms with Crippen molar-refractivity contribution >= 4 is 40.3 Å². The van der Waals surface area contributed by atoms with Gasteiger partial charge in [0.2, 0.25) is 0 Å². The lowest BCUT2D eigenvalue weighted by molar-refractivity contribution is 0.0123. The van der Waals surface area contributed by atoms with Crippen molar-refractivity contribution in [3.8, 4) is 0 Å². The number of anilines is 1. The Balaban J connectivity index is 1.15. The van der Waals surface area contributed by atoms with Crippen LogP contribution in [0.3, 0.4) is 0 Å². The molecule has 2 bridgehead atoms. The molecule has 2 saturated heterocycles. The van der Waals surface area contributed by atoms with Crippen molar-refractivity contribution < 1.29 is 14.3 Å². The van der Waals surface area contributed by atoms with E-state index < -0.39 is 5.60 Å². The third kappa shape index (κ3) is 5.32. The molecule has 202 valence electrons.